The predicted octanol–water partition coefficient (Wildman–Crippen LogP) is 3.48. The fourth-order valence-electron chi connectivity index (χ4n) is 3.84. The number of hydrogen-bond acceptors (Lipinski definition) is 1. The monoisotopic (exact) mass is 247 g/mol. The highest BCUT2D eigenvalue weighted by Crippen LogP contribution is 2.41. The lowest BCUT2D eigenvalue weighted by Gasteiger charge is -2.37. The van der Waals surface area contributed by atoms with E-state index in [4.69, 9.17) is 5.73 Å². The van der Waals surface area contributed by atoms with Crippen molar-refractivity contribution in [1.29, 1.82) is 0 Å². The largest absolute Gasteiger partial charge is 0.330 e. The molecular weight excluding hydrogens is 225 g/mol. The van der Waals surface area contributed by atoms with Crippen LogP contribution in [-0.2, 0) is 18.3 Å². The summed E-state index contributed by atoms with van der Waals surface area (Å²) in [7, 11) is 0. The van der Waals surface area contributed by atoms with E-state index in [9.17, 15) is 4.39 Å². The summed E-state index contributed by atoms with van der Waals surface area (Å²) < 4.78 is 14.7. The SMILES string of the molecule is NCC1(c2ccc3c(c2F)CCC3)CCCCC1. The molecule has 0 aromatic heterocycles. The third-order valence-corrected chi connectivity index (χ3v) is 4.99. The first kappa shape index (κ1) is 12.2. The van der Waals surface area contributed by atoms with Crippen LogP contribution in [0, 0.1) is 5.82 Å². The zero-order valence-electron chi connectivity index (χ0n) is 11.0. The van der Waals surface area contributed by atoms with Gasteiger partial charge in [-0.2, -0.15) is 0 Å². The zero-order chi connectivity index (χ0) is 12.6. The van der Waals surface area contributed by atoms with Crippen molar-refractivity contribution in [2.75, 3.05) is 6.54 Å². The summed E-state index contributed by atoms with van der Waals surface area (Å²) in [5.74, 6) is 0.0670. The number of rotatable bonds is 2. The Morgan fingerprint density at radius 1 is 1.06 bits per heavy atom. The van der Waals surface area contributed by atoms with Gasteiger partial charge in [-0.1, -0.05) is 31.4 Å². The van der Waals surface area contributed by atoms with Crippen LogP contribution in [0.1, 0.15) is 55.2 Å². The Balaban J connectivity index is 2.05. The van der Waals surface area contributed by atoms with E-state index in [1.807, 2.05) is 6.07 Å². The zero-order valence-corrected chi connectivity index (χ0v) is 11.0. The molecule has 18 heavy (non-hydrogen) atoms. The molecule has 1 aromatic rings. The Kier molecular flexibility index (Phi) is 3.14. The number of benzene rings is 1. The second-order valence-corrected chi connectivity index (χ2v) is 5.96. The molecule has 0 unspecified atom stereocenters. The quantitative estimate of drug-likeness (QED) is 0.850. The van der Waals surface area contributed by atoms with Crippen LogP contribution in [0.5, 0.6) is 0 Å². The van der Waals surface area contributed by atoms with Gasteiger partial charge >= 0.3 is 0 Å². The van der Waals surface area contributed by atoms with Gasteiger partial charge in [-0.15, -0.1) is 0 Å². The van der Waals surface area contributed by atoms with E-state index < -0.39 is 0 Å². The molecule has 0 amide bonds. The molecule has 1 nitrogen and oxygen atoms in total. The van der Waals surface area contributed by atoms with Crippen molar-refractivity contribution in [3.05, 3.63) is 34.6 Å². The van der Waals surface area contributed by atoms with Crippen molar-refractivity contribution >= 4 is 0 Å². The summed E-state index contributed by atoms with van der Waals surface area (Å²) >= 11 is 0. The van der Waals surface area contributed by atoms with Gasteiger partial charge in [0, 0.05) is 12.0 Å². The summed E-state index contributed by atoms with van der Waals surface area (Å²) in [6.45, 7) is 0.586. The highest BCUT2D eigenvalue weighted by Gasteiger charge is 2.36. The molecule has 2 aliphatic rings. The van der Waals surface area contributed by atoms with Gasteiger partial charge in [0.05, 0.1) is 0 Å². The van der Waals surface area contributed by atoms with Gasteiger partial charge in [0.15, 0.2) is 0 Å². The molecule has 2 N–H and O–H groups in total. The maximum atomic E-state index is 14.7. The maximum Gasteiger partial charge on any atom is 0.130 e. The Bertz CT molecular complexity index is 447. The molecule has 0 radical (unpaired) electrons. The standard InChI is InChI=1S/C16H22FN/c17-15-13-6-4-5-12(13)7-8-14(15)16(11-18)9-2-1-3-10-16/h7-8H,1-6,9-11,18H2. The minimum absolute atomic E-state index is 0.0670. The smallest absolute Gasteiger partial charge is 0.130 e. The van der Waals surface area contributed by atoms with Crippen molar-refractivity contribution in [2.45, 2.75) is 56.8 Å². The van der Waals surface area contributed by atoms with E-state index in [0.29, 0.717) is 6.54 Å². The van der Waals surface area contributed by atoms with Crippen LogP contribution in [0.15, 0.2) is 12.1 Å². The highest BCUT2D eigenvalue weighted by atomic mass is 19.1. The number of nitrogens with two attached hydrogens (primary N) is 1. The molecule has 0 spiro atoms. The molecule has 98 valence electrons. The van der Waals surface area contributed by atoms with E-state index in [1.165, 1.54) is 24.8 Å². The summed E-state index contributed by atoms with van der Waals surface area (Å²) in [6, 6.07) is 4.17. The van der Waals surface area contributed by atoms with Crippen LogP contribution >= 0.6 is 0 Å². The number of hydrogen-bond donors (Lipinski definition) is 1. The lowest BCUT2D eigenvalue weighted by molar-refractivity contribution is 0.291. The van der Waals surface area contributed by atoms with Crippen molar-refractivity contribution in [2.24, 2.45) is 5.73 Å². The topological polar surface area (TPSA) is 26.0 Å². The minimum atomic E-state index is -0.0834. The first-order chi connectivity index (χ1) is 8.77. The van der Waals surface area contributed by atoms with Crippen molar-refractivity contribution < 1.29 is 4.39 Å². The number of halogens is 1. The van der Waals surface area contributed by atoms with Crippen molar-refractivity contribution in [3.63, 3.8) is 0 Å². The molecule has 1 aromatic carbocycles. The van der Waals surface area contributed by atoms with E-state index in [0.717, 1.165) is 43.2 Å². The number of fused-ring (bicyclic) bond motifs is 1. The summed E-state index contributed by atoms with van der Waals surface area (Å²) in [6.07, 6.45) is 8.82. The van der Waals surface area contributed by atoms with Crippen LogP contribution in [0.4, 0.5) is 4.39 Å². The molecule has 2 heteroatoms. The summed E-state index contributed by atoms with van der Waals surface area (Å²) in [4.78, 5) is 0. The van der Waals surface area contributed by atoms with Gasteiger partial charge in [-0.05, 0) is 48.8 Å². The predicted molar refractivity (Wildman–Crippen MR) is 72.2 cm³/mol. The Labute approximate surface area is 109 Å². The summed E-state index contributed by atoms with van der Waals surface area (Å²) in [5.41, 5.74) is 9.04. The third-order valence-electron chi connectivity index (χ3n) is 4.99. The average Bonchev–Trinajstić information content (AvgIpc) is 2.89. The lowest BCUT2D eigenvalue weighted by Crippen LogP contribution is -2.38. The Morgan fingerprint density at radius 3 is 2.56 bits per heavy atom. The molecule has 3 rings (SSSR count). The van der Waals surface area contributed by atoms with Gasteiger partial charge in [0.1, 0.15) is 5.82 Å². The summed E-state index contributed by atoms with van der Waals surface area (Å²) in [5, 5.41) is 0. The minimum Gasteiger partial charge on any atom is -0.330 e. The lowest BCUT2D eigenvalue weighted by atomic mass is 9.69. The van der Waals surface area contributed by atoms with Crippen molar-refractivity contribution in [3.8, 4) is 0 Å². The normalized spacial score (nSPS) is 21.9. The number of aryl methyl sites for hydroxylation is 1. The fourth-order valence-corrected chi connectivity index (χ4v) is 3.84. The molecule has 1 fully saturated rings. The highest BCUT2D eigenvalue weighted by molar-refractivity contribution is 5.41. The van der Waals surface area contributed by atoms with Gasteiger partial charge in [-0.25, -0.2) is 4.39 Å². The van der Waals surface area contributed by atoms with E-state index >= 15 is 0 Å². The first-order valence-electron chi connectivity index (χ1n) is 7.28. The van der Waals surface area contributed by atoms with Crippen molar-refractivity contribution in [1.82, 2.24) is 0 Å². The van der Waals surface area contributed by atoms with Crippen LogP contribution in [-0.4, -0.2) is 6.54 Å². The Morgan fingerprint density at radius 2 is 1.83 bits per heavy atom. The molecule has 0 atom stereocenters. The van der Waals surface area contributed by atoms with Gasteiger partial charge < -0.3 is 5.73 Å². The molecule has 0 aliphatic heterocycles. The van der Waals surface area contributed by atoms with Crippen LogP contribution in [0.3, 0.4) is 0 Å². The third kappa shape index (κ3) is 1.78. The van der Waals surface area contributed by atoms with E-state index in [1.54, 1.807) is 0 Å². The molecule has 0 heterocycles. The molecule has 2 aliphatic carbocycles. The molecular formula is C16H22FN. The van der Waals surface area contributed by atoms with Crippen LogP contribution in [0.2, 0.25) is 0 Å². The van der Waals surface area contributed by atoms with Crippen LogP contribution in [0.25, 0.3) is 0 Å². The van der Waals surface area contributed by atoms with Gasteiger partial charge in [-0.3, -0.25) is 0 Å². The van der Waals surface area contributed by atoms with E-state index in [-0.39, 0.29) is 11.2 Å². The maximum absolute atomic E-state index is 14.7. The van der Waals surface area contributed by atoms with E-state index in [2.05, 4.69) is 6.07 Å². The second-order valence-electron chi connectivity index (χ2n) is 5.96. The molecule has 0 bridgehead atoms. The second kappa shape index (κ2) is 4.65. The fraction of sp³-hybridized carbons (Fsp3) is 0.625. The van der Waals surface area contributed by atoms with Gasteiger partial charge in [0.25, 0.3) is 0 Å². The van der Waals surface area contributed by atoms with Gasteiger partial charge in [0.2, 0.25) is 0 Å². The average molecular weight is 247 g/mol. The molecule has 1 saturated carbocycles. The van der Waals surface area contributed by atoms with Crippen LogP contribution < -0.4 is 5.73 Å². The first-order valence-corrected chi connectivity index (χ1v) is 7.28. The Hall–Kier alpha value is -0.890. The molecule has 0 saturated heterocycles.